The lowest BCUT2D eigenvalue weighted by atomic mass is 9.86. The molecule has 0 aliphatic carbocycles. The molecule has 3 heterocycles. The van der Waals surface area contributed by atoms with Gasteiger partial charge in [-0.15, -0.1) is 11.3 Å². The Morgan fingerprint density at radius 2 is 2.17 bits per heavy atom. The molecule has 0 aromatic carbocycles. The molecule has 0 spiro atoms. The van der Waals surface area contributed by atoms with Crippen LogP contribution in [0.2, 0.25) is 0 Å². The third-order valence-corrected chi connectivity index (χ3v) is 4.71. The molecule has 0 aliphatic heterocycles. The number of rotatable bonds is 4. The summed E-state index contributed by atoms with van der Waals surface area (Å²) in [7, 11) is 0. The molecule has 7 heteroatoms. The number of aromatic nitrogens is 4. The van der Waals surface area contributed by atoms with Crippen molar-refractivity contribution in [2.75, 3.05) is 0 Å². The summed E-state index contributed by atoms with van der Waals surface area (Å²) in [6, 6.07) is -0.0206. The Morgan fingerprint density at radius 1 is 1.39 bits per heavy atom. The van der Waals surface area contributed by atoms with Crippen LogP contribution in [-0.2, 0) is 6.54 Å². The summed E-state index contributed by atoms with van der Waals surface area (Å²) in [5, 5.41) is 5.11. The molecule has 0 saturated heterocycles. The largest absolute Gasteiger partial charge is 0.346 e. The molecule has 3 aromatic rings. The van der Waals surface area contributed by atoms with Gasteiger partial charge in [0, 0.05) is 30.5 Å². The number of hydrogen-bond acceptors (Lipinski definition) is 4. The Labute approximate surface area is 139 Å². The van der Waals surface area contributed by atoms with Gasteiger partial charge in [-0.05, 0) is 12.3 Å². The van der Waals surface area contributed by atoms with E-state index in [2.05, 4.69) is 36.1 Å². The Morgan fingerprint density at radius 3 is 2.83 bits per heavy atom. The number of carbonyl (C=O) groups excluding carboxylic acids is 1. The summed E-state index contributed by atoms with van der Waals surface area (Å²) < 4.78 is 3.84. The molecule has 1 N–H and O–H groups in total. The van der Waals surface area contributed by atoms with E-state index >= 15 is 0 Å². The summed E-state index contributed by atoms with van der Waals surface area (Å²) in [6.07, 6.45) is 7.31. The second kappa shape index (κ2) is 5.81. The second-order valence-corrected chi connectivity index (χ2v) is 7.63. The summed E-state index contributed by atoms with van der Waals surface area (Å²) >= 11 is 1.53. The predicted octanol–water partition coefficient (Wildman–Crippen LogP) is 2.75. The standard InChI is InChI=1S/C16H21N5OS/c1-11-13(21-7-8-23-15(21)18-11)14(22)19-12(16(2,3)4)9-20-6-5-17-10-20/h5-8,10,12H,9H2,1-4H3,(H,19,22)/t12-/m1/s1. The second-order valence-electron chi connectivity index (χ2n) is 6.75. The first-order valence-corrected chi connectivity index (χ1v) is 8.43. The van der Waals surface area contributed by atoms with Crippen molar-refractivity contribution in [1.29, 1.82) is 0 Å². The summed E-state index contributed by atoms with van der Waals surface area (Å²) in [4.78, 5) is 22.2. The van der Waals surface area contributed by atoms with Crippen molar-refractivity contribution in [3.8, 4) is 0 Å². The van der Waals surface area contributed by atoms with Crippen LogP contribution >= 0.6 is 11.3 Å². The minimum absolute atomic E-state index is 0.0206. The first kappa shape index (κ1) is 15.7. The molecule has 0 bridgehead atoms. The maximum atomic E-state index is 12.8. The Hall–Kier alpha value is -2.15. The van der Waals surface area contributed by atoms with Crippen molar-refractivity contribution in [3.63, 3.8) is 0 Å². The van der Waals surface area contributed by atoms with E-state index in [0.717, 1.165) is 10.7 Å². The van der Waals surface area contributed by atoms with Crippen molar-refractivity contribution in [2.45, 2.75) is 40.3 Å². The molecule has 1 atom stereocenters. The number of imidazole rings is 2. The number of hydrogen-bond donors (Lipinski definition) is 1. The fourth-order valence-electron chi connectivity index (χ4n) is 2.54. The lowest BCUT2D eigenvalue weighted by Gasteiger charge is -2.31. The molecular formula is C16H21N5OS. The van der Waals surface area contributed by atoms with Gasteiger partial charge >= 0.3 is 0 Å². The van der Waals surface area contributed by atoms with Crippen LogP contribution in [0, 0.1) is 12.3 Å². The summed E-state index contributed by atoms with van der Waals surface area (Å²) in [5.74, 6) is -0.0894. The van der Waals surface area contributed by atoms with E-state index in [1.54, 1.807) is 12.5 Å². The number of amides is 1. The zero-order valence-corrected chi connectivity index (χ0v) is 14.6. The lowest BCUT2D eigenvalue weighted by Crippen LogP contribution is -2.46. The Bertz CT molecular complexity index is 809. The number of nitrogens with zero attached hydrogens (tertiary/aromatic N) is 4. The van der Waals surface area contributed by atoms with Crippen LogP contribution in [0.4, 0.5) is 0 Å². The highest BCUT2D eigenvalue weighted by Gasteiger charge is 2.28. The lowest BCUT2D eigenvalue weighted by molar-refractivity contribution is 0.0886. The summed E-state index contributed by atoms with van der Waals surface area (Å²) in [6.45, 7) is 8.92. The number of aryl methyl sites for hydroxylation is 1. The van der Waals surface area contributed by atoms with Crippen LogP contribution in [0.1, 0.15) is 37.0 Å². The van der Waals surface area contributed by atoms with Crippen molar-refractivity contribution in [3.05, 3.63) is 41.7 Å². The third kappa shape index (κ3) is 3.14. The van der Waals surface area contributed by atoms with Crippen LogP contribution < -0.4 is 5.32 Å². The minimum atomic E-state index is -0.0894. The average Bonchev–Trinajstić information content (AvgIpc) is 3.13. The SMILES string of the molecule is Cc1nc2sccn2c1C(=O)N[C@H](Cn1ccnc1)C(C)(C)C. The molecule has 0 saturated carbocycles. The van der Waals surface area contributed by atoms with Crippen LogP contribution in [-0.4, -0.2) is 30.9 Å². The fourth-order valence-corrected chi connectivity index (χ4v) is 3.30. The summed E-state index contributed by atoms with van der Waals surface area (Å²) in [5.41, 5.74) is 1.29. The van der Waals surface area contributed by atoms with Crippen LogP contribution in [0.5, 0.6) is 0 Å². The maximum Gasteiger partial charge on any atom is 0.270 e. The quantitative estimate of drug-likeness (QED) is 0.799. The molecule has 0 radical (unpaired) electrons. The zero-order chi connectivity index (χ0) is 16.6. The normalized spacial score (nSPS) is 13.4. The highest BCUT2D eigenvalue weighted by atomic mass is 32.1. The van der Waals surface area contributed by atoms with Gasteiger partial charge in [-0.2, -0.15) is 0 Å². The molecule has 6 nitrogen and oxygen atoms in total. The minimum Gasteiger partial charge on any atom is -0.346 e. The van der Waals surface area contributed by atoms with Gasteiger partial charge in [0.15, 0.2) is 4.96 Å². The molecule has 0 unspecified atom stereocenters. The third-order valence-electron chi connectivity index (χ3n) is 3.95. The number of thiazole rings is 1. The van der Waals surface area contributed by atoms with Gasteiger partial charge in [0.2, 0.25) is 0 Å². The van der Waals surface area contributed by atoms with E-state index < -0.39 is 0 Å². The molecule has 23 heavy (non-hydrogen) atoms. The van der Waals surface area contributed by atoms with Crippen molar-refractivity contribution < 1.29 is 4.79 Å². The molecule has 3 rings (SSSR count). The van der Waals surface area contributed by atoms with E-state index in [1.165, 1.54) is 11.3 Å². The van der Waals surface area contributed by atoms with Crippen molar-refractivity contribution >= 4 is 22.2 Å². The van der Waals surface area contributed by atoms with E-state index in [4.69, 9.17) is 0 Å². The Kier molecular flexibility index (Phi) is 3.97. The smallest absolute Gasteiger partial charge is 0.270 e. The van der Waals surface area contributed by atoms with E-state index in [1.807, 2.05) is 33.7 Å². The predicted molar refractivity (Wildman–Crippen MR) is 90.7 cm³/mol. The van der Waals surface area contributed by atoms with Gasteiger partial charge in [0.05, 0.1) is 18.1 Å². The Balaban J connectivity index is 1.86. The molecular weight excluding hydrogens is 310 g/mol. The van der Waals surface area contributed by atoms with Crippen LogP contribution in [0.3, 0.4) is 0 Å². The highest BCUT2D eigenvalue weighted by Crippen LogP contribution is 2.22. The maximum absolute atomic E-state index is 12.8. The van der Waals surface area contributed by atoms with Crippen LogP contribution in [0.15, 0.2) is 30.3 Å². The molecule has 0 fully saturated rings. The zero-order valence-electron chi connectivity index (χ0n) is 13.8. The number of carbonyl (C=O) groups is 1. The molecule has 0 aliphatic rings. The van der Waals surface area contributed by atoms with Crippen LogP contribution in [0.25, 0.3) is 4.96 Å². The number of fused-ring (bicyclic) bond motifs is 1. The first-order chi connectivity index (χ1) is 10.9. The van der Waals surface area contributed by atoms with E-state index in [9.17, 15) is 4.79 Å². The van der Waals surface area contributed by atoms with Gasteiger partial charge in [-0.3, -0.25) is 9.20 Å². The topological polar surface area (TPSA) is 64.2 Å². The van der Waals surface area contributed by atoms with Crippen molar-refractivity contribution in [2.24, 2.45) is 5.41 Å². The van der Waals surface area contributed by atoms with E-state index in [-0.39, 0.29) is 17.4 Å². The molecule has 1 amide bonds. The van der Waals surface area contributed by atoms with Gasteiger partial charge in [0.25, 0.3) is 5.91 Å². The average molecular weight is 331 g/mol. The highest BCUT2D eigenvalue weighted by molar-refractivity contribution is 7.15. The van der Waals surface area contributed by atoms with Gasteiger partial charge in [-0.25, -0.2) is 9.97 Å². The molecule has 3 aromatic heterocycles. The van der Waals surface area contributed by atoms with Gasteiger partial charge in [0.1, 0.15) is 5.69 Å². The van der Waals surface area contributed by atoms with Gasteiger partial charge < -0.3 is 9.88 Å². The first-order valence-electron chi connectivity index (χ1n) is 7.55. The fraction of sp³-hybridized carbons (Fsp3) is 0.438. The molecule has 122 valence electrons. The van der Waals surface area contributed by atoms with Gasteiger partial charge in [-0.1, -0.05) is 20.8 Å². The number of nitrogens with one attached hydrogen (secondary N) is 1. The monoisotopic (exact) mass is 331 g/mol. The van der Waals surface area contributed by atoms with Crippen molar-refractivity contribution in [1.82, 2.24) is 24.3 Å². The van der Waals surface area contributed by atoms with E-state index in [0.29, 0.717) is 12.2 Å².